The Kier molecular flexibility index (Phi) is 3.38. The Morgan fingerprint density at radius 2 is 2.07 bits per heavy atom. The number of halogens is 3. The summed E-state index contributed by atoms with van der Waals surface area (Å²) in [6.45, 7) is 2.21. The lowest BCUT2D eigenvalue weighted by atomic mass is 10.2. The second-order valence-electron chi connectivity index (χ2n) is 3.17. The monoisotopic (exact) mass is 237 g/mol. The quantitative estimate of drug-likeness (QED) is 0.841. The number of alkyl halides is 3. The fourth-order valence-corrected chi connectivity index (χ4v) is 2.07. The van der Waals surface area contributed by atoms with Crippen molar-refractivity contribution in [3.05, 3.63) is 21.4 Å². The summed E-state index contributed by atoms with van der Waals surface area (Å²) in [6, 6.07) is 1.77. The third-order valence-electron chi connectivity index (χ3n) is 1.70. The number of carbonyl (C=O) groups excluding carboxylic acids is 1. The molecular formula is C9H10F3NOS. The second kappa shape index (κ2) is 4.22. The molecule has 0 saturated carbocycles. The topological polar surface area (TPSA) is 29.1 Å². The zero-order chi connectivity index (χ0) is 11.6. The maximum absolute atomic E-state index is 11.8. The molecule has 2 nitrogen and oxygen atoms in total. The molecule has 0 aromatic carbocycles. The van der Waals surface area contributed by atoms with Crippen LogP contribution in [0.4, 0.5) is 13.2 Å². The minimum Gasteiger partial charge on any atom is -0.342 e. The van der Waals surface area contributed by atoms with E-state index in [1.165, 1.54) is 11.3 Å². The molecular weight excluding hydrogens is 227 g/mol. The van der Waals surface area contributed by atoms with E-state index in [9.17, 15) is 18.0 Å². The van der Waals surface area contributed by atoms with Crippen LogP contribution in [0.1, 0.15) is 20.1 Å². The first-order valence-electron chi connectivity index (χ1n) is 4.21. The highest BCUT2D eigenvalue weighted by atomic mass is 32.1. The maximum atomic E-state index is 11.8. The summed E-state index contributed by atoms with van der Waals surface area (Å²) < 4.78 is 35.5. The highest BCUT2D eigenvalue weighted by Gasteiger charge is 2.28. The van der Waals surface area contributed by atoms with Crippen LogP contribution < -0.4 is 5.32 Å². The van der Waals surface area contributed by atoms with E-state index < -0.39 is 18.6 Å². The Morgan fingerprint density at radius 1 is 1.47 bits per heavy atom. The van der Waals surface area contributed by atoms with Crippen molar-refractivity contribution in [1.82, 2.24) is 5.32 Å². The summed E-state index contributed by atoms with van der Waals surface area (Å²) in [7, 11) is 0. The Morgan fingerprint density at radius 3 is 2.47 bits per heavy atom. The van der Waals surface area contributed by atoms with E-state index in [1.807, 2.05) is 5.32 Å². The van der Waals surface area contributed by atoms with Crippen molar-refractivity contribution in [2.75, 3.05) is 6.54 Å². The van der Waals surface area contributed by atoms with Crippen LogP contribution in [-0.4, -0.2) is 18.6 Å². The maximum Gasteiger partial charge on any atom is 0.405 e. The zero-order valence-corrected chi connectivity index (χ0v) is 9.05. The molecule has 0 aliphatic rings. The van der Waals surface area contributed by atoms with Crippen molar-refractivity contribution < 1.29 is 18.0 Å². The van der Waals surface area contributed by atoms with Gasteiger partial charge in [0.2, 0.25) is 0 Å². The first-order chi connectivity index (χ1) is 6.79. The fraction of sp³-hybridized carbons (Fsp3) is 0.444. The van der Waals surface area contributed by atoms with Gasteiger partial charge in [0, 0.05) is 4.88 Å². The molecule has 1 heterocycles. The van der Waals surface area contributed by atoms with Crippen molar-refractivity contribution in [3.8, 4) is 0 Å². The molecule has 0 saturated heterocycles. The van der Waals surface area contributed by atoms with Crippen molar-refractivity contribution in [2.45, 2.75) is 20.0 Å². The molecule has 15 heavy (non-hydrogen) atoms. The third-order valence-corrected chi connectivity index (χ3v) is 2.85. The average molecular weight is 237 g/mol. The fourth-order valence-electron chi connectivity index (χ4n) is 1.13. The summed E-state index contributed by atoms with van der Waals surface area (Å²) in [4.78, 5) is 12.6. The van der Waals surface area contributed by atoms with E-state index in [2.05, 4.69) is 0 Å². The molecule has 0 aliphatic carbocycles. The van der Waals surface area contributed by atoms with E-state index in [4.69, 9.17) is 0 Å². The minimum atomic E-state index is -4.37. The van der Waals surface area contributed by atoms with Gasteiger partial charge in [-0.2, -0.15) is 13.2 Å². The minimum absolute atomic E-state index is 0.344. The van der Waals surface area contributed by atoms with Gasteiger partial charge in [-0.05, 0) is 25.5 Å². The molecule has 0 atom stereocenters. The summed E-state index contributed by atoms with van der Waals surface area (Å²) in [5, 5.41) is 1.84. The van der Waals surface area contributed by atoms with Crippen molar-refractivity contribution in [1.29, 1.82) is 0 Å². The van der Waals surface area contributed by atoms with Gasteiger partial charge in [-0.15, -0.1) is 11.3 Å². The van der Waals surface area contributed by atoms with Gasteiger partial charge < -0.3 is 5.32 Å². The summed E-state index contributed by atoms with van der Waals surface area (Å²) >= 11 is 1.19. The van der Waals surface area contributed by atoms with E-state index >= 15 is 0 Å². The van der Waals surface area contributed by atoms with Crippen LogP contribution in [0.25, 0.3) is 0 Å². The highest BCUT2D eigenvalue weighted by Crippen LogP contribution is 2.21. The molecule has 6 heteroatoms. The summed E-state index contributed by atoms with van der Waals surface area (Å²) in [5.41, 5.74) is 0.706. The summed E-state index contributed by atoms with van der Waals surface area (Å²) in [5.74, 6) is -0.664. The van der Waals surface area contributed by atoms with Gasteiger partial charge >= 0.3 is 6.18 Å². The second-order valence-corrected chi connectivity index (χ2v) is 4.42. The molecule has 1 rings (SSSR count). The van der Waals surface area contributed by atoms with Crippen LogP contribution in [0.2, 0.25) is 0 Å². The number of rotatable bonds is 2. The molecule has 0 bridgehead atoms. The lowest BCUT2D eigenvalue weighted by Gasteiger charge is -2.07. The molecule has 1 N–H and O–H groups in total. The lowest BCUT2D eigenvalue weighted by Crippen LogP contribution is -2.33. The van der Waals surface area contributed by atoms with E-state index in [0.29, 0.717) is 10.4 Å². The van der Waals surface area contributed by atoms with Crippen LogP contribution >= 0.6 is 11.3 Å². The Hall–Kier alpha value is -1.04. The predicted molar refractivity (Wildman–Crippen MR) is 52.2 cm³/mol. The van der Waals surface area contributed by atoms with Gasteiger partial charge in [-0.25, -0.2) is 0 Å². The predicted octanol–water partition coefficient (Wildman–Crippen LogP) is 2.66. The number of carbonyl (C=O) groups is 1. The van der Waals surface area contributed by atoms with Gasteiger partial charge in [0.05, 0.1) is 4.88 Å². The van der Waals surface area contributed by atoms with Crippen LogP contribution in [0.15, 0.2) is 6.07 Å². The standard InChI is InChI=1S/C9H10F3NOS/c1-5-3-6(2)15-7(5)8(14)13-4-9(10,11)12/h3H,4H2,1-2H3,(H,13,14). The lowest BCUT2D eigenvalue weighted by molar-refractivity contribution is -0.123. The van der Waals surface area contributed by atoms with Gasteiger partial charge in [0.1, 0.15) is 6.54 Å². The average Bonchev–Trinajstić information content (AvgIpc) is 2.40. The number of amides is 1. The first-order valence-corrected chi connectivity index (χ1v) is 5.03. The SMILES string of the molecule is Cc1cc(C)c(C(=O)NCC(F)(F)F)s1. The van der Waals surface area contributed by atoms with Crippen LogP contribution in [-0.2, 0) is 0 Å². The molecule has 1 aromatic heterocycles. The van der Waals surface area contributed by atoms with Gasteiger partial charge in [0.25, 0.3) is 5.91 Å². The first kappa shape index (κ1) is 12.0. The molecule has 0 unspecified atom stereocenters. The summed E-state index contributed by atoms with van der Waals surface area (Å²) in [6.07, 6.45) is -4.37. The Balaban J connectivity index is 2.66. The zero-order valence-electron chi connectivity index (χ0n) is 8.23. The largest absolute Gasteiger partial charge is 0.405 e. The number of nitrogens with one attached hydrogen (secondary N) is 1. The van der Waals surface area contributed by atoms with Crippen LogP contribution in [0, 0.1) is 13.8 Å². The van der Waals surface area contributed by atoms with Gasteiger partial charge in [-0.1, -0.05) is 0 Å². The van der Waals surface area contributed by atoms with Gasteiger partial charge in [-0.3, -0.25) is 4.79 Å². The molecule has 1 amide bonds. The third kappa shape index (κ3) is 3.54. The van der Waals surface area contributed by atoms with E-state index in [-0.39, 0.29) is 0 Å². The Bertz CT molecular complexity index is 370. The normalized spacial score (nSPS) is 11.5. The van der Waals surface area contributed by atoms with Crippen LogP contribution in [0.3, 0.4) is 0 Å². The van der Waals surface area contributed by atoms with Gasteiger partial charge in [0.15, 0.2) is 0 Å². The number of hydrogen-bond donors (Lipinski definition) is 1. The van der Waals surface area contributed by atoms with Crippen molar-refractivity contribution in [2.24, 2.45) is 0 Å². The number of aryl methyl sites for hydroxylation is 2. The van der Waals surface area contributed by atoms with E-state index in [0.717, 1.165) is 4.88 Å². The smallest absolute Gasteiger partial charge is 0.342 e. The number of hydrogen-bond acceptors (Lipinski definition) is 2. The Labute approximate surface area is 89.1 Å². The van der Waals surface area contributed by atoms with Crippen LogP contribution in [0.5, 0.6) is 0 Å². The van der Waals surface area contributed by atoms with E-state index in [1.54, 1.807) is 19.9 Å². The molecule has 0 fully saturated rings. The molecule has 84 valence electrons. The number of thiophene rings is 1. The van der Waals surface area contributed by atoms with Crippen molar-refractivity contribution >= 4 is 17.2 Å². The molecule has 0 spiro atoms. The molecule has 0 radical (unpaired) electrons. The van der Waals surface area contributed by atoms with Crippen molar-refractivity contribution in [3.63, 3.8) is 0 Å². The highest BCUT2D eigenvalue weighted by molar-refractivity contribution is 7.14. The molecule has 1 aromatic rings. The molecule has 0 aliphatic heterocycles.